The van der Waals surface area contributed by atoms with Crippen molar-refractivity contribution < 1.29 is 4.74 Å². The monoisotopic (exact) mass is 198 g/mol. The van der Waals surface area contributed by atoms with E-state index in [2.05, 4.69) is 4.90 Å². The molecule has 1 saturated heterocycles. The van der Waals surface area contributed by atoms with E-state index < -0.39 is 0 Å². The Morgan fingerprint density at radius 1 is 1.29 bits per heavy atom. The fourth-order valence-electron chi connectivity index (χ4n) is 2.14. The Hall–Kier alpha value is -0.120. The van der Waals surface area contributed by atoms with Gasteiger partial charge in [0, 0.05) is 25.2 Å². The first-order chi connectivity index (χ1) is 6.75. The van der Waals surface area contributed by atoms with E-state index >= 15 is 0 Å². The molecule has 0 aromatic rings. The van der Waals surface area contributed by atoms with Crippen molar-refractivity contribution in [3.05, 3.63) is 0 Å². The van der Waals surface area contributed by atoms with E-state index in [1.807, 2.05) is 6.92 Å². The van der Waals surface area contributed by atoms with Gasteiger partial charge in [0.15, 0.2) is 0 Å². The fourth-order valence-corrected chi connectivity index (χ4v) is 2.14. The third-order valence-corrected chi connectivity index (χ3v) is 3.13. The molecule has 82 valence electrons. The summed E-state index contributed by atoms with van der Waals surface area (Å²) in [5.41, 5.74) is 5.66. The second-order valence-corrected chi connectivity index (χ2v) is 4.78. The molecule has 2 fully saturated rings. The molecule has 3 nitrogen and oxygen atoms in total. The standard InChI is InChI=1S/C11H22N2O/c1-9(12)8-14-11-4-6-13(7-5-11)10-2-3-10/h9-11H,2-8,12H2,1H3. The highest BCUT2D eigenvalue weighted by atomic mass is 16.5. The number of ether oxygens (including phenoxy) is 1. The van der Waals surface area contributed by atoms with Gasteiger partial charge >= 0.3 is 0 Å². The third kappa shape index (κ3) is 2.94. The minimum atomic E-state index is 0.177. The molecule has 2 rings (SSSR count). The zero-order chi connectivity index (χ0) is 9.97. The molecule has 14 heavy (non-hydrogen) atoms. The van der Waals surface area contributed by atoms with Crippen molar-refractivity contribution in [2.45, 2.75) is 50.8 Å². The quantitative estimate of drug-likeness (QED) is 0.731. The summed E-state index contributed by atoms with van der Waals surface area (Å²) in [4.78, 5) is 2.62. The van der Waals surface area contributed by atoms with E-state index in [1.54, 1.807) is 0 Å². The van der Waals surface area contributed by atoms with Gasteiger partial charge in [-0.05, 0) is 32.6 Å². The summed E-state index contributed by atoms with van der Waals surface area (Å²) in [5.74, 6) is 0. The lowest BCUT2D eigenvalue weighted by molar-refractivity contribution is 0.00158. The highest BCUT2D eigenvalue weighted by molar-refractivity contribution is 4.87. The lowest BCUT2D eigenvalue weighted by atomic mass is 10.1. The molecule has 0 amide bonds. The van der Waals surface area contributed by atoms with Gasteiger partial charge in [-0.2, -0.15) is 0 Å². The maximum absolute atomic E-state index is 5.74. The number of hydrogen-bond donors (Lipinski definition) is 1. The predicted molar refractivity (Wildman–Crippen MR) is 57.2 cm³/mol. The lowest BCUT2D eigenvalue weighted by Crippen LogP contribution is -2.39. The van der Waals surface area contributed by atoms with Gasteiger partial charge in [0.05, 0.1) is 12.7 Å². The second kappa shape index (κ2) is 4.60. The van der Waals surface area contributed by atoms with E-state index in [-0.39, 0.29) is 6.04 Å². The second-order valence-electron chi connectivity index (χ2n) is 4.78. The summed E-state index contributed by atoms with van der Waals surface area (Å²) in [7, 11) is 0. The third-order valence-electron chi connectivity index (χ3n) is 3.13. The molecular weight excluding hydrogens is 176 g/mol. The van der Waals surface area contributed by atoms with Crippen molar-refractivity contribution in [2.75, 3.05) is 19.7 Å². The Labute approximate surface area is 86.6 Å². The molecule has 1 aliphatic carbocycles. The van der Waals surface area contributed by atoms with Crippen molar-refractivity contribution >= 4 is 0 Å². The number of nitrogens with zero attached hydrogens (tertiary/aromatic N) is 1. The molecule has 0 aromatic heterocycles. The van der Waals surface area contributed by atoms with Crippen LogP contribution >= 0.6 is 0 Å². The van der Waals surface area contributed by atoms with Crippen molar-refractivity contribution in [2.24, 2.45) is 5.73 Å². The SMILES string of the molecule is CC(N)COC1CCN(C2CC2)CC1. The number of piperidine rings is 1. The predicted octanol–water partition coefficient (Wildman–Crippen LogP) is 0.977. The zero-order valence-corrected chi connectivity index (χ0v) is 9.11. The summed E-state index contributed by atoms with van der Waals surface area (Å²) >= 11 is 0. The van der Waals surface area contributed by atoms with Gasteiger partial charge < -0.3 is 15.4 Å². The van der Waals surface area contributed by atoms with Gasteiger partial charge in [-0.15, -0.1) is 0 Å². The molecule has 0 radical (unpaired) electrons. The molecule has 1 aliphatic heterocycles. The van der Waals surface area contributed by atoms with Crippen LogP contribution in [0.2, 0.25) is 0 Å². The first kappa shape index (κ1) is 10.4. The molecule has 2 N–H and O–H groups in total. The van der Waals surface area contributed by atoms with Crippen LogP contribution < -0.4 is 5.73 Å². The van der Waals surface area contributed by atoms with E-state index in [0.29, 0.717) is 12.7 Å². The summed E-state index contributed by atoms with van der Waals surface area (Å²) < 4.78 is 5.74. The fraction of sp³-hybridized carbons (Fsp3) is 1.00. The Morgan fingerprint density at radius 2 is 1.93 bits per heavy atom. The van der Waals surface area contributed by atoms with Crippen LogP contribution in [0.15, 0.2) is 0 Å². The molecule has 0 aromatic carbocycles. The van der Waals surface area contributed by atoms with Crippen molar-refractivity contribution in [1.29, 1.82) is 0 Å². The molecule has 1 heterocycles. The maximum Gasteiger partial charge on any atom is 0.0618 e. The van der Waals surface area contributed by atoms with E-state index in [4.69, 9.17) is 10.5 Å². The highest BCUT2D eigenvalue weighted by Crippen LogP contribution is 2.29. The van der Waals surface area contributed by atoms with Crippen LogP contribution in [0.4, 0.5) is 0 Å². The lowest BCUT2D eigenvalue weighted by Gasteiger charge is -2.32. The smallest absolute Gasteiger partial charge is 0.0618 e. The van der Waals surface area contributed by atoms with Gasteiger partial charge in [0.1, 0.15) is 0 Å². The molecule has 1 saturated carbocycles. The Bertz CT molecular complexity index is 172. The van der Waals surface area contributed by atoms with Gasteiger partial charge in [0.25, 0.3) is 0 Å². The Balaban J connectivity index is 1.62. The van der Waals surface area contributed by atoms with Gasteiger partial charge in [-0.25, -0.2) is 0 Å². The topological polar surface area (TPSA) is 38.5 Å². The normalized spacial score (nSPS) is 27.9. The molecule has 2 aliphatic rings. The minimum Gasteiger partial charge on any atom is -0.377 e. The van der Waals surface area contributed by atoms with Crippen LogP contribution in [0, 0.1) is 0 Å². The van der Waals surface area contributed by atoms with Gasteiger partial charge in [-0.1, -0.05) is 0 Å². The molecule has 0 spiro atoms. The van der Waals surface area contributed by atoms with Gasteiger partial charge in [0.2, 0.25) is 0 Å². The number of hydrogen-bond acceptors (Lipinski definition) is 3. The summed E-state index contributed by atoms with van der Waals surface area (Å²) in [6.45, 7) is 5.18. The van der Waals surface area contributed by atoms with Crippen LogP contribution in [-0.4, -0.2) is 42.8 Å². The minimum absolute atomic E-state index is 0.177. The maximum atomic E-state index is 5.74. The molecule has 0 bridgehead atoms. The average Bonchev–Trinajstić information content (AvgIpc) is 2.99. The molecule has 1 unspecified atom stereocenters. The summed E-state index contributed by atoms with van der Waals surface area (Å²) in [6.07, 6.45) is 5.71. The molecule has 1 atom stereocenters. The summed E-state index contributed by atoms with van der Waals surface area (Å²) in [5, 5.41) is 0. The number of likely N-dealkylation sites (tertiary alicyclic amines) is 1. The first-order valence-electron chi connectivity index (χ1n) is 5.87. The molecule has 3 heteroatoms. The highest BCUT2D eigenvalue weighted by Gasteiger charge is 2.31. The van der Waals surface area contributed by atoms with Crippen LogP contribution in [-0.2, 0) is 4.74 Å². The Kier molecular flexibility index (Phi) is 3.42. The van der Waals surface area contributed by atoms with Crippen molar-refractivity contribution in [1.82, 2.24) is 4.90 Å². The number of nitrogens with two attached hydrogens (primary N) is 1. The van der Waals surface area contributed by atoms with E-state index in [0.717, 1.165) is 6.04 Å². The average molecular weight is 198 g/mol. The molecular formula is C11H22N2O. The number of rotatable bonds is 4. The van der Waals surface area contributed by atoms with Crippen LogP contribution in [0.5, 0.6) is 0 Å². The Morgan fingerprint density at radius 3 is 2.43 bits per heavy atom. The zero-order valence-electron chi connectivity index (χ0n) is 9.11. The largest absolute Gasteiger partial charge is 0.377 e. The van der Waals surface area contributed by atoms with E-state index in [1.165, 1.54) is 38.8 Å². The van der Waals surface area contributed by atoms with E-state index in [9.17, 15) is 0 Å². The van der Waals surface area contributed by atoms with Crippen LogP contribution in [0.3, 0.4) is 0 Å². The van der Waals surface area contributed by atoms with Crippen molar-refractivity contribution in [3.63, 3.8) is 0 Å². The summed E-state index contributed by atoms with van der Waals surface area (Å²) in [6, 6.07) is 1.10. The van der Waals surface area contributed by atoms with Crippen LogP contribution in [0.25, 0.3) is 0 Å². The first-order valence-corrected chi connectivity index (χ1v) is 5.87. The van der Waals surface area contributed by atoms with Crippen molar-refractivity contribution in [3.8, 4) is 0 Å². The van der Waals surface area contributed by atoms with Crippen LogP contribution in [0.1, 0.15) is 32.6 Å². The van der Waals surface area contributed by atoms with Gasteiger partial charge in [-0.3, -0.25) is 0 Å².